The number of methoxy groups -OCH3 is 1. The number of benzene rings is 1. The minimum atomic E-state index is -0.896. The molecule has 4 nitrogen and oxygen atoms in total. The number of nitrogens with one attached hydrogen (secondary N) is 1. The fraction of sp³-hybridized carbons (Fsp3) is 0.444. The van der Waals surface area contributed by atoms with Gasteiger partial charge < -0.3 is 10.1 Å². The Morgan fingerprint density at radius 1 is 1.13 bits per heavy atom. The molecule has 1 aromatic carbocycles. The molecule has 124 valence electrons. The molecule has 1 aromatic rings. The predicted molar refractivity (Wildman–Crippen MR) is 91.1 cm³/mol. The molecule has 1 amide bonds. The van der Waals surface area contributed by atoms with Crippen LogP contribution in [0.4, 0.5) is 0 Å². The van der Waals surface area contributed by atoms with Gasteiger partial charge in [-0.15, -0.1) is 0 Å². The molecule has 2 rings (SSSR count). The van der Waals surface area contributed by atoms with Crippen molar-refractivity contribution in [2.75, 3.05) is 7.11 Å². The van der Waals surface area contributed by atoms with E-state index in [-0.39, 0.29) is 11.9 Å². The van der Waals surface area contributed by atoms with Gasteiger partial charge in [-0.1, -0.05) is 49.4 Å². The number of amides is 1. The summed E-state index contributed by atoms with van der Waals surface area (Å²) in [5.41, 5.74) is -0.0234. The topological polar surface area (TPSA) is 55.4 Å². The molecule has 1 aliphatic carbocycles. The van der Waals surface area contributed by atoms with Crippen LogP contribution in [0.5, 0.6) is 0 Å². The molecule has 0 unspecified atom stereocenters. The molecule has 0 atom stereocenters. The zero-order valence-electron chi connectivity index (χ0n) is 13.3. The van der Waals surface area contributed by atoms with Crippen molar-refractivity contribution in [3.05, 3.63) is 40.9 Å². The van der Waals surface area contributed by atoms with E-state index in [1.807, 2.05) is 12.1 Å². The summed E-state index contributed by atoms with van der Waals surface area (Å²) >= 11 is 5.83. The molecule has 0 heterocycles. The summed E-state index contributed by atoms with van der Waals surface area (Å²) in [5.74, 6) is -0.639. The summed E-state index contributed by atoms with van der Waals surface area (Å²) in [6, 6.07) is 7.18. The van der Waals surface area contributed by atoms with Crippen molar-refractivity contribution >= 4 is 29.6 Å². The molecule has 0 spiro atoms. The Morgan fingerprint density at radius 3 is 2.30 bits per heavy atom. The molecule has 1 N–H and O–H groups in total. The monoisotopic (exact) mass is 335 g/mol. The van der Waals surface area contributed by atoms with Crippen LogP contribution in [0, 0.1) is 0 Å². The Hall–Kier alpha value is -1.81. The number of rotatable bonds is 4. The molecule has 5 heteroatoms. The maximum atomic E-state index is 12.3. The van der Waals surface area contributed by atoms with Crippen LogP contribution in [0.2, 0.25) is 5.02 Å². The highest BCUT2D eigenvalue weighted by molar-refractivity contribution is 6.30. The van der Waals surface area contributed by atoms with Gasteiger partial charge in [-0.3, -0.25) is 4.79 Å². The SMILES string of the molecule is COC(=O)C1(NC(=O)/C=C/c2ccc(Cl)cc2)CCCCCC1. The summed E-state index contributed by atoms with van der Waals surface area (Å²) in [6.07, 6.45) is 8.38. The largest absolute Gasteiger partial charge is 0.467 e. The average molecular weight is 336 g/mol. The third-order valence-electron chi connectivity index (χ3n) is 4.19. The molecule has 0 bridgehead atoms. The van der Waals surface area contributed by atoms with Crippen LogP contribution in [0.1, 0.15) is 44.1 Å². The third kappa shape index (κ3) is 4.83. The highest BCUT2D eigenvalue weighted by atomic mass is 35.5. The number of ether oxygens (including phenoxy) is 1. The number of carbonyl (C=O) groups excluding carboxylic acids is 2. The molecule has 1 saturated carbocycles. The van der Waals surface area contributed by atoms with Crippen molar-refractivity contribution in [2.24, 2.45) is 0 Å². The second kappa shape index (κ2) is 8.16. The first-order chi connectivity index (χ1) is 11.1. The normalized spacial score (nSPS) is 17.5. The van der Waals surface area contributed by atoms with Crippen LogP contribution in [0.3, 0.4) is 0 Å². The van der Waals surface area contributed by atoms with Crippen LogP contribution in [0.15, 0.2) is 30.3 Å². The summed E-state index contributed by atoms with van der Waals surface area (Å²) < 4.78 is 4.93. The maximum Gasteiger partial charge on any atom is 0.331 e. The van der Waals surface area contributed by atoms with Gasteiger partial charge in [-0.25, -0.2) is 4.79 Å². The van der Waals surface area contributed by atoms with Gasteiger partial charge in [-0.05, 0) is 36.6 Å². The highest BCUT2D eigenvalue weighted by Crippen LogP contribution is 2.28. The Morgan fingerprint density at radius 2 is 1.74 bits per heavy atom. The Kier molecular flexibility index (Phi) is 6.22. The number of hydrogen-bond acceptors (Lipinski definition) is 3. The Labute approximate surface area is 141 Å². The quantitative estimate of drug-likeness (QED) is 0.518. The van der Waals surface area contributed by atoms with E-state index in [0.717, 1.165) is 31.2 Å². The van der Waals surface area contributed by atoms with Crippen molar-refractivity contribution in [3.63, 3.8) is 0 Å². The van der Waals surface area contributed by atoms with E-state index in [9.17, 15) is 9.59 Å². The standard InChI is InChI=1S/C18H22ClNO3/c1-23-17(22)18(12-4-2-3-5-13-18)20-16(21)11-8-14-6-9-15(19)10-7-14/h6-11H,2-5,12-13H2,1H3,(H,20,21)/b11-8+. The van der Waals surface area contributed by atoms with E-state index >= 15 is 0 Å². The fourth-order valence-corrected chi connectivity index (χ4v) is 3.06. The summed E-state index contributed by atoms with van der Waals surface area (Å²) in [5, 5.41) is 3.53. The summed E-state index contributed by atoms with van der Waals surface area (Å²) in [4.78, 5) is 24.5. The predicted octanol–water partition coefficient (Wildman–Crippen LogP) is 3.74. The lowest BCUT2D eigenvalue weighted by Crippen LogP contribution is -2.54. The Balaban J connectivity index is 2.07. The molecular weight excluding hydrogens is 314 g/mol. The second-order valence-electron chi connectivity index (χ2n) is 5.86. The molecular formula is C18H22ClNO3. The maximum absolute atomic E-state index is 12.3. The fourth-order valence-electron chi connectivity index (χ4n) is 2.93. The van der Waals surface area contributed by atoms with E-state index in [0.29, 0.717) is 17.9 Å². The highest BCUT2D eigenvalue weighted by Gasteiger charge is 2.40. The van der Waals surface area contributed by atoms with E-state index in [1.165, 1.54) is 13.2 Å². The molecule has 0 saturated heterocycles. The molecule has 0 aliphatic heterocycles. The first-order valence-electron chi connectivity index (χ1n) is 7.90. The summed E-state index contributed by atoms with van der Waals surface area (Å²) in [7, 11) is 1.37. The lowest BCUT2D eigenvalue weighted by Gasteiger charge is -2.30. The van der Waals surface area contributed by atoms with Crippen molar-refractivity contribution < 1.29 is 14.3 Å². The van der Waals surface area contributed by atoms with Gasteiger partial charge in [0.05, 0.1) is 7.11 Å². The summed E-state index contributed by atoms with van der Waals surface area (Å²) in [6.45, 7) is 0. The zero-order chi connectivity index (χ0) is 16.7. The van der Waals surface area contributed by atoms with Crippen LogP contribution < -0.4 is 5.32 Å². The van der Waals surface area contributed by atoms with Gasteiger partial charge >= 0.3 is 5.97 Å². The van der Waals surface area contributed by atoms with Gasteiger partial charge in [0.25, 0.3) is 0 Å². The van der Waals surface area contributed by atoms with Gasteiger partial charge in [0.15, 0.2) is 0 Å². The lowest BCUT2D eigenvalue weighted by atomic mass is 9.90. The van der Waals surface area contributed by atoms with Gasteiger partial charge in [0, 0.05) is 11.1 Å². The van der Waals surface area contributed by atoms with Crippen LogP contribution in [0.25, 0.3) is 6.08 Å². The number of hydrogen-bond donors (Lipinski definition) is 1. The van der Waals surface area contributed by atoms with Crippen LogP contribution in [-0.4, -0.2) is 24.5 Å². The zero-order valence-corrected chi connectivity index (χ0v) is 14.1. The van der Waals surface area contributed by atoms with E-state index in [4.69, 9.17) is 16.3 Å². The molecule has 0 radical (unpaired) electrons. The Bertz CT molecular complexity index is 572. The number of halogens is 1. The first kappa shape index (κ1) is 17.5. The van der Waals surface area contributed by atoms with Gasteiger partial charge in [0.2, 0.25) is 5.91 Å². The van der Waals surface area contributed by atoms with Crippen LogP contribution >= 0.6 is 11.6 Å². The molecule has 1 fully saturated rings. The first-order valence-corrected chi connectivity index (χ1v) is 8.28. The lowest BCUT2D eigenvalue weighted by molar-refractivity contribution is -0.151. The van der Waals surface area contributed by atoms with Gasteiger partial charge in [-0.2, -0.15) is 0 Å². The minimum Gasteiger partial charge on any atom is -0.467 e. The third-order valence-corrected chi connectivity index (χ3v) is 4.44. The van der Waals surface area contributed by atoms with E-state index in [2.05, 4.69) is 5.32 Å². The van der Waals surface area contributed by atoms with Gasteiger partial charge in [0.1, 0.15) is 5.54 Å². The van der Waals surface area contributed by atoms with E-state index in [1.54, 1.807) is 18.2 Å². The van der Waals surface area contributed by atoms with Crippen molar-refractivity contribution in [2.45, 2.75) is 44.1 Å². The number of carbonyl (C=O) groups is 2. The smallest absolute Gasteiger partial charge is 0.331 e. The molecule has 1 aliphatic rings. The van der Waals surface area contributed by atoms with Crippen molar-refractivity contribution in [3.8, 4) is 0 Å². The second-order valence-corrected chi connectivity index (χ2v) is 6.30. The molecule has 23 heavy (non-hydrogen) atoms. The number of esters is 1. The van der Waals surface area contributed by atoms with Crippen LogP contribution in [-0.2, 0) is 14.3 Å². The van der Waals surface area contributed by atoms with E-state index < -0.39 is 5.54 Å². The molecule has 0 aromatic heterocycles. The minimum absolute atomic E-state index is 0.285. The van der Waals surface area contributed by atoms with Crippen molar-refractivity contribution in [1.82, 2.24) is 5.32 Å². The average Bonchev–Trinajstić information content (AvgIpc) is 2.80. The van der Waals surface area contributed by atoms with Crippen molar-refractivity contribution in [1.29, 1.82) is 0 Å².